The summed E-state index contributed by atoms with van der Waals surface area (Å²) in [5.74, 6) is -3.86. The summed E-state index contributed by atoms with van der Waals surface area (Å²) in [5.41, 5.74) is 2.94. The molecular weight excluding hydrogens is 733 g/mol. The van der Waals surface area contributed by atoms with Crippen molar-refractivity contribution < 1.29 is 42.2 Å². The lowest BCUT2D eigenvalue weighted by Crippen LogP contribution is -2.64. The molecule has 1 aromatic heterocycles. The van der Waals surface area contributed by atoms with E-state index in [1.807, 2.05) is 0 Å². The molecule has 18 heteroatoms. The molecule has 0 bridgehead atoms. The summed E-state index contributed by atoms with van der Waals surface area (Å²) in [4.78, 5) is 69.7. The number of nitrogens with two attached hydrogens (primary N) is 1. The molecule has 0 radical (unpaired) electrons. The third kappa shape index (κ3) is 9.24. The summed E-state index contributed by atoms with van der Waals surface area (Å²) in [6, 6.07) is 2.66. The predicted octanol–water partition coefficient (Wildman–Crippen LogP) is 1.17. The molecule has 3 heterocycles. The number of amides is 4. The lowest BCUT2D eigenvalue weighted by Gasteiger charge is -2.37. The fourth-order valence-corrected chi connectivity index (χ4v) is 9.49. The van der Waals surface area contributed by atoms with Gasteiger partial charge in [-0.15, -0.1) is 5.10 Å². The zero-order valence-corrected chi connectivity index (χ0v) is 32.8. The van der Waals surface area contributed by atoms with Gasteiger partial charge in [0.05, 0.1) is 22.8 Å². The van der Waals surface area contributed by atoms with Gasteiger partial charge in [0, 0.05) is 57.7 Å². The first-order valence-electron chi connectivity index (χ1n) is 19.1. The number of carbonyl (C=O) groups excluding carboxylic acids is 5. The number of carbonyl (C=O) groups is 5. The highest BCUT2D eigenvalue weighted by Gasteiger charge is 2.49. The van der Waals surface area contributed by atoms with E-state index in [2.05, 4.69) is 20.9 Å². The van der Waals surface area contributed by atoms with Crippen LogP contribution in [0.25, 0.3) is 0 Å². The Balaban J connectivity index is 1.47. The molecule has 5 N–H and O–H groups in total. The normalized spacial score (nSPS) is 21.2. The highest BCUT2D eigenvalue weighted by atomic mass is 32.2. The van der Waals surface area contributed by atoms with Crippen molar-refractivity contribution in [1.82, 2.24) is 34.8 Å². The Morgan fingerprint density at radius 1 is 1.05 bits per heavy atom. The van der Waals surface area contributed by atoms with Crippen molar-refractivity contribution >= 4 is 39.4 Å². The SMILES string of the molecule is CCN(CC)S(=O)(=O)c1ccc(C(=O)N[C@H](CC2CCCCC2)C(=O)N2C[C@@H](n3nncc3C(C)(C)O)C[C@H]2C(=O)NC2(C(=O)C(N)=O)CCOCC2)cc1. The molecule has 1 saturated carbocycles. The third-order valence-corrected chi connectivity index (χ3v) is 13.2. The van der Waals surface area contributed by atoms with Gasteiger partial charge in [0.1, 0.15) is 23.2 Å². The largest absolute Gasteiger partial charge is 0.384 e. The predicted molar refractivity (Wildman–Crippen MR) is 199 cm³/mol. The molecule has 0 unspecified atom stereocenters. The number of Topliss-reactive ketones (excluding diaryl/α,β-unsaturated/α-hetero) is 1. The van der Waals surface area contributed by atoms with Crippen molar-refractivity contribution in [1.29, 1.82) is 0 Å². The van der Waals surface area contributed by atoms with Gasteiger partial charge in [-0.1, -0.05) is 51.2 Å². The molecule has 2 saturated heterocycles. The molecule has 2 aromatic rings. The van der Waals surface area contributed by atoms with Crippen LogP contribution in [-0.4, -0.2) is 118 Å². The summed E-state index contributed by atoms with van der Waals surface area (Å²) in [7, 11) is -3.76. The summed E-state index contributed by atoms with van der Waals surface area (Å²) in [6.45, 7) is 7.34. The second-order valence-electron chi connectivity index (χ2n) is 15.3. The number of aliphatic hydroxyl groups is 1. The number of benzene rings is 1. The summed E-state index contributed by atoms with van der Waals surface area (Å²) in [6.07, 6.45) is 6.48. The maximum atomic E-state index is 14.8. The highest BCUT2D eigenvalue weighted by Crippen LogP contribution is 2.34. The Hall–Kier alpha value is -4.26. The van der Waals surface area contributed by atoms with Crippen LogP contribution < -0.4 is 16.4 Å². The molecule has 302 valence electrons. The minimum absolute atomic E-state index is 0.00586. The standard InChI is InChI=1S/C37H54N8O9S/c1-5-43(6-2)55(52,53)27-14-12-25(13-15-27)33(48)40-28(20-24-10-8-7-9-11-24)35(50)44-23-26(45-30(22-39-42-45)36(3,4)51)21-29(44)34(49)41-37(31(46)32(38)47)16-18-54-19-17-37/h12-15,22,24,26,28-29,51H,5-11,16-21,23H2,1-4H3,(H2,38,47)(H,40,48)(H,41,49)/t26-,28+,29-/m0/s1. The van der Waals surface area contributed by atoms with E-state index < -0.39 is 68.7 Å². The number of likely N-dealkylation sites (tertiary alicyclic amines) is 1. The number of hydrogen-bond acceptors (Lipinski definition) is 11. The van der Waals surface area contributed by atoms with Crippen LogP contribution in [0.1, 0.15) is 108 Å². The van der Waals surface area contributed by atoms with E-state index in [1.165, 1.54) is 44.3 Å². The number of rotatable bonds is 15. The van der Waals surface area contributed by atoms with Gasteiger partial charge in [-0.3, -0.25) is 24.0 Å². The molecule has 55 heavy (non-hydrogen) atoms. The minimum Gasteiger partial charge on any atom is -0.384 e. The average molecular weight is 787 g/mol. The number of sulfonamides is 1. The second kappa shape index (κ2) is 17.3. The molecule has 0 spiro atoms. The average Bonchev–Trinajstić information content (AvgIpc) is 3.84. The highest BCUT2D eigenvalue weighted by molar-refractivity contribution is 7.89. The van der Waals surface area contributed by atoms with Gasteiger partial charge in [0.2, 0.25) is 27.6 Å². The molecule has 3 aliphatic rings. The lowest BCUT2D eigenvalue weighted by atomic mass is 9.84. The van der Waals surface area contributed by atoms with Gasteiger partial charge in [-0.2, -0.15) is 4.31 Å². The molecule has 1 aromatic carbocycles. The van der Waals surface area contributed by atoms with Crippen LogP contribution in [0.3, 0.4) is 0 Å². The van der Waals surface area contributed by atoms with E-state index in [0.717, 1.165) is 32.1 Å². The van der Waals surface area contributed by atoms with Crippen LogP contribution >= 0.6 is 0 Å². The molecule has 3 atom stereocenters. The van der Waals surface area contributed by atoms with E-state index in [1.54, 1.807) is 27.7 Å². The molecule has 2 aliphatic heterocycles. The van der Waals surface area contributed by atoms with E-state index >= 15 is 0 Å². The Labute approximate surface area is 321 Å². The first kappa shape index (κ1) is 41.9. The van der Waals surface area contributed by atoms with Gasteiger partial charge in [-0.05, 0) is 50.5 Å². The second-order valence-corrected chi connectivity index (χ2v) is 17.2. The third-order valence-electron chi connectivity index (χ3n) is 11.1. The fraction of sp³-hybridized carbons (Fsp3) is 0.649. The van der Waals surface area contributed by atoms with Crippen LogP contribution in [0.15, 0.2) is 35.4 Å². The van der Waals surface area contributed by atoms with E-state index in [0.29, 0.717) is 12.1 Å². The summed E-state index contributed by atoms with van der Waals surface area (Å²) >= 11 is 0. The number of nitrogens with zero attached hydrogens (tertiary/aromatic N) is 5. The fourth-order valence-electron chi connectivity index (χ4n) is 8.03. The van der Waals surface area contributed by atoms with Crippen LogP contribution in [0.5, 0.6) is 0 Å². The Morgan fingerprint density at radius 2 is 1.69 bits per heavy atom. The van der Waals surface area contributed by atoms with E-state index in [-0.39, 0.29) is 68.5 Å². The number of hydrogen-bond donors (Lipinski definition) is 4. The molecule has 17 nitrogen and oxygen atoms in total. The van der Waals surface area contributed by atoms with Crippen molar-refractivity contribution in [3.05, 3.63) is 41.7 Å². The lowest BCUT2D eigenvalue weighted by molar-refractivity contribution is -0.147. The number of nitrogens with one attached hydrogen (secondary N) is 2. The van der Waals surface area contributed by atoms with E-state index in [4.69, 9.17) is 10.5 Å². The quantitative estimate of drug-likeness (QED) is 0.187. The van der Waals surface area contributed by atoms with Gasteiger partial charge in [-0.25, -0.2) is 13.1 Å². The van der Waals surface area contributed by atoms with Crippen molar-refractivity contribution in [2.45, 2.75) is 120 Å². The Kier molecular flexibility index (Phi) is 13.1. The van der Waals surface area contributed by atoms with Crippen molar-refractivity contribution in [3.8, 4) is 0 Å². The summed E-state index contributed by atoms with van der Waals surface area (Å²) < 4.78 is 34.4. The number of ether oxygens (including phenoxy) is 1. The van der Waals surface area contributed by atoms with Crippen LogP contribution in [-0.2, 0) is 39.5 Å². The van der Waals surface area contributed by atoms with Gasteiger partial charge in [0.15, 0.2) is 0 Å². The minimum atomic E-state index is -3.76. The maximum absolute atomic E-state index is 14.8. The molecule has 3 fully saturated rings. The molecule has 1 aliphatic carbocycles. The van der Waals surface area contributed by atoms with E-state index in [9.17, 15) is 37.5 Å². The first-order valence-corrected chi connectivity index (χ1v) is 20.5. The van der Waals surface area contributed by atoms with Crippen molar-refractivity contribution in [2.75, 3.05) is 32.8 Å². The van der Waals surface area contributed by atoms with Gasteiger partial charge in [0.25, 0.3) is 11.8 Å². The van der Waals surface area contributed by atoms with Crippen molar-refractivity contribution in [2.24, 2.45) is 11.7 Å². The first-order chi connectivity index (χ1) is 26.0. The Bertz CT molecular complexity index is 1830. The Morgan fingerprint density at radius 3 is 2.27 bits per heavy atom. The van der Waals surface area contributed by atoms with Gasteiger partial charge >= 0.3 is 0 Å². The number of primary amides is 1. The van der Waals surface area contributed by atoms with Crippen LogP contribution in [0, 0.1) is 5.92 Å². The van der Waals surface area contributed by atoms with Crippen LogP contribution in [0.2, 0.25) is 0 Å². The summed E-state index contributed by atoms with van der Waals surface area (Å²) in [5, 5.41) is 24.7. The zero-order valence-electron chi connectivity index (χ0n) is 32.0. The number of aromatic nitrogens is 3. The topological polar surface area (TPSA) is 236 Å². The smallest absolute Gasteiger partial charge is 0.287 e. The van der Waals surface area contributed by atoms with Crippen molar-refractivity contribution in [3.63, 3.8) is 0 Å². The van der Waals surface area contributed by atoms with Crippen LogP contribution in [0.4, 0.5) is 0 Å². The zero-order chi connectivity index (χ0) is 40.1. The molecule has 5 rings (SSSR count). The monoisotopic (exact) mass is 786 g/mol. The number of ketones is 1. The van der Waals surface area contributed by atoms with Gasteiger partial charge < -0.3 is 31.1 Å². The maximum Gasteiger partial charge on any atom is 0.287 e. The molecule has 4 amide bonds. The molecular formula is C37H54N8O9S.